The fraction of sp³-hybridized carbons (Fsp3) is 0.261. The van der Waals surface area contributed by atoms with Crippen molar-refractivity contribution in [3.8, 4) is 0 Å². The highest BCUT2D eigenvalue weighted by Gasteiger charge is 2.24. The van der Waals surface area contributed by atoms with Gasteiger partial charge in [0.05, 0.1) is 12.6 Å². The van der Waals surface area contributed by atoms with Crippen molar-refractivity contribution in [2.75, 3.05) is 10.6 Å². The second-order valence-corrected chi connectivity index (χ2v) is 8.07. The van der Waals surface area contributed by atoms with E-state index in [0.717, 1.165) is 35.4 Å². The molecule has 1 aliphatic carbocycles. The van der Waals surface area contributed by atoms with Crippen molar-refractivity contribution < 1.29 is 9.18 Å². The van der Waals surface area contributed by atoms with Crippen LogP contribution in [-0.2, 0) is 4.79 Å². The largest absolute Gasteiger partial charge is 0.367 e. The second kappa shape index (κ2) is 7.54. The summed E-state index contributed by atoms with van der Waals surface area (Å²) in [7, 11) is 0. The highest BCUT2D eigenvalue weighted by Crippen LogP contribution is 2.29. The van der Waals surface area contributed by atoms with E-state index in [4.69, 9.17) is 4.98 Å². The molecule has 3 aromatic rings. The average molecular weight is 418 g/mol. The van der Waals surface area contributed by atoms with E-state index >= 15 is 0 Å². The number of benzene rings is 1. The van der Waals surface area contributed by atoms with Crippen molar-refractivity contribution in [2.45, 2.75) is 38.3 Å². The molecule has 1 amide bonds. The number of allylic oxidation sites excluding steroid dienone is 1. The molecule has 0 unspecified atom stereocenters. The summed E-state index contributed by atoms with van der Waals surface area (Å²) in [6, 6.07) is 8.75. The zero-order valence-electron chi connectivity index (χ0n) is 17.2. The maximum atomic E-state index is 13.3. The van der Waals surface area contributed by atoms with Gasteiger partial charge in [0.25, 0.3) is 0 Å². The number of amides is 1. The number of nitrogens with one attached hydrogen (secondary N) is 3. The molecule has 0 spiro atoms. The topological polar surface area (TPSA) is 83.4 Å². The molecule has 5 rings (SSSR count). The van der Waals surface area contributed by atoms with E-state index in [0.29, 0.717) is 29.6 Å². The quantitative estimate of drug-likeness (QED) is 0.563. The summed E-state index contributed by atoms with van der Waals surface area (Å²) in [6.45, 7) is 5.92. The van der Waals surface area contributed by atoms with Gasteiger partial charge in [0.2, 0.25) is 5.91 Å². The minimum atomic E-state index is -0.259. The Kier molecular flexibility index (Phi) is 4.69. The monoisotopic (exact) mass is 418 g/mol. The number of hydrogen-bond acceptors (Lipinski definition) is 5. The Morgan fingerprint density at radius 1 is 1.32 bits per heavy atom. The highest BCUT2D eigenvalue weighted by molar-refractivity contribution is 5.89. The van der Waals surface area contributed by atoms with Gasteiger partial charge >= 0.3 is 0 Å². The zero-order valence-corrected chi connectivity index (χ0v) is 17.2. The first-order valence-electron chi connectivity index (χ1n) is 10.3. The summed E-state index contributed by atoms with van der Waals surface area (Å²) in [5.74, 6) is 1.22. The molecule has 2 fully saturated rings. The van der Waals surface area contributed by atoms with Gasteiger partial charge < -0.3 is 16.0 Å². The van der Waals surface area contributed by atoms with Crippen LogP contribution in [0.4, 0.5) is 16.0 Å². The first kappa shape index (κ1) is 19.3. The molecule has 0 bridgehead atoms. The highest BCUT2D eigenvalue weighted by atomic mass is 19.1. The van der Waals surface area contributed by atoms with Gasteiger partial charge in [0, 0.05) is 29.4 Å². The van der Waals surface area contributed by atoms with E-state index in [-0.39, 0.29) is 17.8 Å². The van der Waals surface area contributed by atoms with Gasteiger partial charge in [-0.05, 0) is 49.1 Å². The Morgan fingerprint density at radius 2 is 2.10 bits per heavy atom. The van der Waals surface area contributed by atoms with E-state index in [1.54, 1.807) is 22.8 Å². The van der Waals surface area contributed by atoms with Gasteiger partial charge in [0.15, 0.2) is 5.65 Å². The number of carbonyl (C=O) groups excluding carboxylic acids is 1. The second-order valence-electron chi connectivity index (χ2n) is 8.07. The Hall–Kier alpha value is -3.68. The summed E-state index contributed by atoms with van der Waals surface area (Å²) in [5, 5.41) is 14.2. The van der Waals surface area contributed by atoms with E-state index in [1.165, 1.54) is 12.1 Å². The predicted molar refractivity (Wildman–Crippen MR) is 118 cm³/mol. The van der Waals surface area contributed by atoms with Crippen LogP contribution in [0.3, 0.4) is 0 Å². The number of carbonyl (C=O) groups is 1. The summed E-state index contributed by atoms with van der Waals surface area (Å²) < 4.78 is 15.1. The predicted octanol–water partition coefficient (Wildman–Crippen LogP) is 4.03. The third kappa shape index (κ3) is 4.01. The van der Waals surface area contributed by atoms with Crippen molar-refractivity contribution in [3.63, 3.8) is 0 Å². The van der Waals surface area contributed by atoms with Crippen LogP contribution in [0.2, 0.25) is 0 Å². The number of hydrogen-bond donors (Lipinski definition) is 3. The summed E-state index contributed by atoms with van der Waals surface area (Å²) in [6.07, 6.45) is 6.21. The van der Waals surface area contributed by atoms with Crippen LogP contribution in [0.15, 0.2) is 54.4 Å². The number of halogens is 1. The minimum absolute atomic E-state index is 0.0627. The third-order valence-electron chi connectivity index (χ3n) is 5.52. The average Bonchev–Trinajstić information content (AvgIpc) is 3.37. The fourth-order valence-electron chi connectivity index (χ4n) is 3.65. The molecule has 2 aliphatic rings. The van der Waals surface area contributed by atoms with Gasteiger partial charge in [-0.3, -0.25) is 4.79 Å². The van der Waals surface area contributed by atoms with Crippen molar-refractivity contribution in [1.82, 2.24) is 19.9 Å². The SMILES string of the molecule is C=C1NC(=O)C/C1=C\c1cnn2c(NC3CC3)cc(N[C@@H](C)c3ccc(F)cc3)nc12. The lowest BCUT2D eigenvalue weighted by Gasteiger charge is -2.17. The van der Waals surface area contributed by atoms with Crippen LogP contribution >= 0.6 is 0 Å². The van der Waals surface area contributed by atoms with Crippen LogP contribution < -0.4 is 16.0 Å². The molecule has 3 N–H and O–H groups in total. The van der Waals surface area contributed by atoms with Crippen molar-refractivity contribution >= 4 is 29.3 Å². The fourth-order valence-corrected chi connectivity index (χ4v) is 3.65. The van der Waals surface area contributed by atoms with E-state index in [2.05, 4.69) is 27.6 Å². The molecule has 1 saturated carbocycles. The Labute approximate surface area is 179 Å². The molecule has 1 atom stereocenters. The van der Waals surface area contributed by atoms with Crippen LogP contribution in [0.25, 0.3) is 11.7 Å². The number of aromatic nitrogens is 3. The molecule has 0 radical (unpaired) electrons. The van der Waals surface area contributed by atoms with Gasteiger partial charge in [-0.2, -0.15) is 9.61 Å². The summed E-state index contributed by atoms with van der Waals surface area (Å²) in [5.41, 5.74) is 3.89. The van der Waals surface area contributed by atoms with Crippen LogP contribution in [0.5, 0.6) is 0 Å². The first-order chi connectivity index (χ1) is 15.0. The Balaban J connectivity index is 1.52. The normalized spacial score (nSPS) is 18.5. The molecular weight excluding hydrogens is 395 g/mol. The number of fused-ring (bicyclic) bond motifs is 1. The van der Waals surface area contributed by atoms with Crippen molar-refractivity contribution in [1.29, 1.82) is 0 Å². The molecule has 158 valence electrons. The Bertz CT molecular complexity index is 1210. The lowest BCUT2D eigenvalue weighted by Crippen LogP contribution is -2.12. The lowest BCUT2D eigenvalue weighted by molar-refractivity contribution is -0.118. The van der Waals surface area contributed by atoms with Crippen molar-refractivity contribution in [2.24, 2.45) is 0 Å². The maximum absolute atomic E-state index is 13.3. The number of anilines is 2. The van der Waals surface area contributed by atoms with E-state index in [1.807, 2.05) is 19.1 Å². The summed E-state index contributed by atoms with van der Waals surface area (Å²) in [4.78, 5) is 16.5. The smallest absolute Gasteiger partial charge is 0.228 e. The molecule has 3 heterocycles. The van der Waals surface area contributed by atoms with Gasteiger partial charge in [-0.1, -0.05) is 18.7 Å². The van der Waals surface area contributed by atoms with Crippen molar-refractivity contribution in [3.05, 3.63) is 71.3 Å². The third-order valence-corrected chi connectivity index (χ3v) is 5.52. The molecule has 8 heteroatoms. The number of nitrogens with zero attached hydrogens (tertiary/aromatic N) is 3. The Morgan fingerprint density at radius 3 is 2.77 bits per heavy atom. The first-order valence-corrected chi connectivity index (χ1v) is 10.3. The van der Waals surface area contributed by atoms with Gasteiger partial charge in [0.1, 0.15) is 17.5 Å². The molecule has 1 aromatic carbocycles. The van der Waals surface area contributed by atoms with E-state index in [9.17, 15) is 9.18 Å². The lowest BCUT2D eigenvalue weighted by atomic mass is 10.1. The van der Waals surface area contributed by atoms with E-state index < -0.39 is 0 Å². The molecule has 1 aliphatic heterocycles. The summed E-state index contributed by atoms with van der Waals surface area (Å²) >= 11 is 0. The molecule has 2 aromatic heterocycles. The van der Waals surface area contributed by atoms with Gasteiger partial charge in [-0.25, -0.2) is 9.37 Å². The standard InChI is InChI=1S/C23H23FN6O/c1-13(15-3-5-18(24)6-4-15)26-20-11-21(28-19-7-8-19)30-23(29-20)17(12-25-30)9-16-10-22(31)27-14(16)2/h3-6,9,11-13,19,28H,2,7-8,10H2,1H3,(H,26,29)(H,27,31)/b16-9+/t13-/m0/s1. The van der Waals surface area contributed by atoms with Crippen LogP contribution in [0, 0.1) is 5.82 Å². The number of rotatable bonds is 6. The molecule has 1 saturated heterocycles. The van der Waals surface area contributed by atoms with Crippen LogP contribution in [-0.4, -0.2) is 26.5 Å². The zero-order chi connectivity index (χ0) is 21.5. The maximum Gasteiger partial charge on any atom is 0.228 e. The minimum Gasteiger partial charge on any atom is -0.367 e. The molecule has 7 nitrogen and oxygen atoms in total. The van der Waals surface area contributed by atoms with Gasteiger partial charge in [-0.15, -0.1) is 0 Å². The molecule has 31 heavy (non-hydrogen) atoms. The molecular formula is C23H23FN6O. The van der Waals surface area contributed by atoms with Crippen LogP contribution in [0.1, 0.15) is 43.4 Å².